The van der Waals surface area contributed by atoms with Gasteiger partial charge in [0, 0.05) is 17.8 Å². The maximum absolute atomic E-state index is 13.3. The second kappa shape index (κ2) is 5.11. The number of carboxylic acids is 1. The fourth-order valence-corrected chi connectivity index (χ4v) is 3.84. The smallest absolute Gasteiger partial charge is 0.308 e. The lowest BCUT2D eigenvalue weighted by atomic mass is 10.1. The molecule has 2 aromatic rings. The fourth-order valence-electron chi connectivity index (χ4n) is 2.69. The van der Waals surface area contributed by atoms with Gasteiger partial charge in [-0.2, -0.15) is 0 Å². The zero-order valence-corrected chi connectivity index (χ0v) is 12.2. The van der Waals surface area contributed by atoms with Gasteiger partial charge in [0.1, 0.15) is 5.82 Å². The molecule has 0 aliphatic carbocycles. The SMILES string of the molecule is Cc1c(C(=O)N2CC[C@@H](C(=O)O)C2)sc2ccc(F)cc12. The first-order valence-electron chi connectivity index (χ1n) is 6.68. The molecule has 1 amide bonds. The summed E-state index contributed by atoms with van der Waals surface area (Å²) >= 11 is 1.33. The summed E-state index contributed by atoms with van der Waals surface area (Å²) in [6, 6.07) is 4.48. The molecule has 1 saturated heterocycles. The third-order valence-electron chi connectivity index (χ3n) is 3.92. The van der Waals surface area contributed by atoms with Crippen molar-refractivity contribution in [2.24, 2.45) is 5.92 Å². The van der Waals surface area contributed by atoms with Crippen LogP contribution >= 0.6 is 11.3 Å². The summed E-state index contributed by atoms with van der Waals surface area (Å²) < 4.78 is 14.2. The van der Waals surface area contributed by atoms with Gasteiger partial charge in [0.2, 0.25) is 0 Å². The molecule has 1 aliphatic rings. The van der Waals surface area contributed by atoms with Crippen LogP contribution in [0, 0.1) is 18.7 Å². The zero-order chi connectivity index (χ0) is 15.1. The molecule has 2 heterocycles. The third kappa shape index (κ3) is 2.40. The van der Waals surface area contributed by atoms with Crippen LogP contribution in [-0.2, 0) is 4.79 Å². The summed E-state index contributed by atoms with van der Waals surface area (Å²) in [5, 5.41) is 9.75. The number of halogens is 1. The summed E-state index contributed by atoms with van der Waals surface area (Å²) in [7, 11) is 0. The van der Waals surface area contributed by atoms with Crippen molar-refractivity contribution >= 4 is 33.3 Å². The fraction of sp³-hybridized carbons (Fsp3) is 0.333. The molecule has 0 unspecified atom stereocenters. The molecule has 0 saturated carbocycles. The molecule has 3 rings (SSSR count). The normalized spacial score (nSPS) is 18.4. The van der Waals surface area contributed by atoms with Crippen molar-refractivity contribution < 1.29 is 19.1 Å². The van der Waals surface area contributed by atoms with E-state index >= 15 is 0 Å². The molecule has 6 heteroatoms. The van der Waals surface area contributed by atoms with E-state index in [4.69, 9.17) is 5.11 Å². The summed E-state index contributed by atoms with van der Waals surface area (Å²) in [5.74, 6) is -1.83. The molecule has 0 radical (unpaired) electrons. The molecular weight excluding hydrogens is 293 g/mol. The Kier molecular flexibility index (Phi) is 3.41. The van der Waals surface area contributed by atoms with Crippen molar-refractivity contribution in [2.75, 3.05) is 13.1 Å². The number of carbonyl (C=O) groups excluding carboxylic acids is 1. The first-order chi connectivity index (χ1) is 9.97. The minimum absolute atomic E-state index is 0.155. The van der Waals surface area contributed by atoms with Crippen LogP contribution in [0.4, 0.5) is 4.39 Å². The predicted molar refractivity (Wildman–Crippen MR) is 78.2 cm³/mol. The van der Waals surface area contributed by atoms with Crippen molar-refractivity contribution in [3.8, 4) is 0 Å². The minimum atomic E-state index is -0.861. The van der Waals surface area contributed by atoms with Crippen molar-refractivity contribution in [1.29, 1.82) is 0 Å². The Balaban J connectivity index is 1.92. The van der Waals surface area contributed by atoms with Crippen LogP contribution in [0.25, 0.3) is 10.1 Å². The van der Waals surface area contributed by atoms with E-state index in [2.05, 4.69) is 0 Å². The number of aliphatic carboxylic acids is 1. The Bertz CT molecular complexity index is 740. The van der Waals surface area contributed by atoms with E-state index in [1.807, 2.05) is 0 Å². The Labute approximate surface area is 124 Å². The Hall–Kier alpha value is -1.95. The van der Waals surface area contributed by atoms with Gasteiger partial charge in [0.05, 0.1) is 10.8 Å². The number of aryl methyl sites for hydroxylation is 1. The van der Waals surface area contributed by atoms with Crippen molar-refractivity contribution in [3.05, 3.63) is 34.5 Å². The number of rotatable bonds is 2. The second-order valence-corrected chi connectivity index (χ2v) is 6.32. The topological polar surface area (TPSA) is 57.6 Å². The van der Waals surface area contributed by atoms with Crippen molar-refractivity contribution in [1.82, 2.24) is 4.90 Å². The number of nitrogens with zero attached hydrogens (tertiary/aromatic N) is 1. The molecular formula is C15H14FNO3S. The summed E-state index contributed by atoms with van der Waals surface area (Å²) in [5.41, 5.74) is 0.762. The van der Waals surface area contributed by atoms with Gasteiger partial charge < -0.3 is 10.0 Å². The van der Waals surface area contributed by atoms with E-state index < -0.39 is 11.9 Å². The van der Waals surface area contributed by atoms with E-state index in [-0.39, 0.29) is 18.3 Å². The Morgan fingerprint density at radius 3 is 2.86 bits per heavy atom. The summed E-state index contributed by atoms with van der Waals surface area (Å²) in [4.78, 5) is 25.7. The molecule has 21 heavy (non-hydrogen) atoms. The summed E-state index contributed by atoms with van der Waals surface area (Å²) in [6.45, 7) is 2.50. The van der Waals surface area contributed by atoms with E-state index in [0.29, 0.717) is 17.8 Å². The first-order valence-corrected chi connectivity index (χ1v) is 7.49. The highest BCUT2D eigenvalue weighted by molar-refractivity contribution is 7.21. The van der Waals surface area contributed by atoms with Crippen LogP contribution in [0.1, 0.15) is 21.7 Å². The van der Waals surface area contributed by atoms with Crippen LogP contribution in [0.15, 0.2) is 18.2 Å². The number of hydrogen-bond acceptors (Lipinski definition) is 3. The van der Waals surface area contributed by atoms with Crippen molar-refractivity contribution in [2.45, 2.75) is 13.3 Å². The molecule has 1 aromatic carbocycles. The molecule has 1 N–H and O–H groups in total. The number of carbonyl (C=O) groups is 2. The molecule has 1 aromatic heterocycles. The largest absolute Gasteiger partial charge is 0.481 e. The van der Waals surface area contributed by atoms with Gasteiger partial charge in [0.25, 0.3) is 5.91 Å². The van der Waals surface area contributed by atoms with Crippen molar-refractivity contribution in [3.63, 3.8) is 0 Å². The van der Waals surface area contributed by atoms with E-state index in [0.717, 1.165) is 15.6 Å². The van der Waals surface area contributed by atoms with E-state index in [1.165, 1.54) is 23.5 Å². The van der Waals surface area contributed by atoms with Crippen LogP contribution in [0.2, 0.25) is 0 Å². The highest BCUT2D eigenvalue weighted by atomic mass is 32.1. The average Bonchev–Trinajstić information content (AvgIpc) is 3.04. The van der Waals surface area contributed by atoms with Gasteiger partial charge in [-0.3, -0.25) is 9.59 Å². The molecule has 0 spiro atoms. The van der Waals surface area contributed by atoms with Gasteiger partial charge in [-0.15, -0.1) is 11.3 Å². The molecule has 4 nitrogen and oxygen atoms in total. The lowest BCUT2D eigenvalue weighted by Crippen LogP contribution is -2.29. The van der Waals surface area contributed by atoms with Crippen LogP contribution < -0.4 is 0 Å². The Morgan fingerprint density at radius 1 is 1.43 bits per heavy atom. The third-order valence-corrected chi connectivity index (χ3v) is 5.18. The molecule has 0 bridgehead atoms. The molecule has 1 atom stereocenters. The Morgan fingerprint density at radius 2 is 2.19 bits per heavy atom. The highest BCUT2D eigenvalue weighted by Crippen LogP contribution is 2.33. The maximum atomic E-state index is 13.3. The lowest BCUT2D eigenvalue weighted by Gasteiger charge is -2.15. The van der Waals surface area contributed by atoms with E-state index in [1.54, 1.807) is 17.9 Å². The van der Waals surface area contributed by atoms with Crippen LogP contribution in [-0.4, -0.2) is 35.0 Å². The highest BCUT2D eigenvalue weighted by Gasteiger charge is 2.32. The average molecular weight is 307 g/mol. The number of benzene rings is 1. The second-order valence-electron chi connectivity index (χ2n) is 5.27. The van der Waals surface area contributed by atoms with Gasteiger partial charge >= 0.3 is 5.97 Å². The first kappa shape index (κ1) is 14.0. The zero-order valence-electron chi connectivity index (χ0n) is 11.4. The number of likely N-dealkylation sites (tertiary alicyclic amines) is 1. The molecule has 1 fully saturated rings. The van der Waals surface area contributed by atoms with Gasteiger partial charge in [-0.1, -0.05) is 0 Å². The monoisotopic (exact) mass is 307 g/mol. The lowest BCUT2D eigenvalue weighted by molar-refractivity contribution is -0.141. The number of thiophene rings is 1. The van der Waals surface area contributed by atoms with Gasteiger partial charge in [0.15, 0.2) is 0 Å². The standard InChI is InChI=1S/C15H14FNO3S/c1-8-11-6-10(16)2-3-12(11)21-13(8)14(18)17-5-4-9(7-17)15(19)20/h2-3,6,9H,4-5,7H2,1H3,(H,19,20)/t9-/m1/s1. The molecule has 110 valence electrons. The van der Waals surface area contributed by atoms with Gasteiger partial charge in [-0.25, -0.2) is 4.39 Å². The van der Waals surface area contributed by atoms with Gasteiger partial charge in [-0.05, 0) is 42.5 Å². The van der Waals surface area contributed by atoms with Crippen LogP contribution in [0.3, 0.4) is 0 Å². The van der Waals surface area contributed by atoms with E-state index in [9.17, 15) is 14.0 Å². The predicted octanol–water partition coefficient (Wildman–Crippen LogP) is 2.90. The van der Waals surface area contributed by atoms with Crippen LogP contribution in [0.5, 0.6) is 0 Å². The number of hydrogen-bond donors (Lipinski definition) is 1. The molecule has 1 aliphatic heterocycles. The number of amides is 1. The number of carboxylic acid groups (broad SMARTS) is 1. The summed E-state index contributed by atoms with van der Waals surface area (Å²) in [6.07, 6.45) is 0.486. The minimum Gasteiger partial charge on any atom is -0.481 e. The number of fused-ring (bicyclic) bond motifs is 1. The quantitative estimate of drug-likeness (QED) is 0.928. The maximum Gasteiger partial charge on any atom is 0.308 e.